The summed E-state index contributed by atoms with van der Waals surface area (Å²) in [5.41, 5.74) is 8.01. The minimum Gasteiger partial charge on any atom is -0.481 e. The molecule has 2 rings (SSSR count). The summed E-state index contributed by atoms with van der Waals surface area (Å²) in [6.45, 7) is 1.27. The van der Waals surface area contributed by atoms with Crippen LogP contribution in [0.4, 0.5) is 0 Å². The van der Waals surface area contributed by atoms with E-state index < -0.39 is 0 Å². The molecule has 0 fully saturated rings. The quantitative estimate of drug-likeness (QED) is 0.865. The monoisotopic (exact) mass is 272 g/mol. The number of nitrogens with two attached hydrogens (primary N) is 1. The molecule has 0 aromatic carbocycles. The van der Waals surface area contributed by atoms with E-state index >= 15 is 0 Å². The van der Waals surface area contributed by atoms with Gasteiger partial charge in [-0.15, -0.1) is 0 Å². The van der Waals surface area contributed by atoms with Crippen LogP contribution in [0.25, 0.3) is 0 Å². The van der Waals surface area contributed by atoms with Crippen molar-refractivity contribution in [1.82, 2.24) is 14.9 Å². The van der Waals surface area contributed by atoms with E-state index in [0.717, 1.165) is 17.8 Å². The average molecular weight is 272 g/mol. The molecule has 1 unspecified atom stereocenters. The van der Waals surface area contributed by atoms with E-state index in [1.54, 1.807) is 13.3 Å². The van der Waals surface area contributed by atoms with Gasteiger partial charge in [-0.3, -0.25) is 9.88 Å². The Balaban J connectivity index is 2.10. The molecule has 2 aromatic rings. The lowest BCUT2D eigenvalue weighted by Crippen LogP contribution is -2.30. The Morgan fingerprint density at radius 3 is 2.65 bits per heavy atom. The molecule has 2 heterocycles. The number of aromatic nitrogens is 2. The van der Waals surface area contributed by atoms with Crippen molar-refractivity contribution in [3.63, 3.8) is 0 Å². The Bertz CT molecular complexity index is 515. The van der Waals surface area contributed by atoms with Gasteiger partial charge in [-0.1, -0.05) is 12.1 Å². The lowest BCUT2D eigenvalue weighted by Gasteiger charge is -2.26. The molecule has 0 spiro atoms. The van der Waals surface area contributed by atoms with Crippen molar-refractivity contribution in [3.05, 3.63) is 54.0 Å². The maximum atomic E-state index is 5.91. The van der Waals surface area contributed by atoms with Crippen LogP contribution >= 0.6 is 0 Å². The van der Waals surface area contributed by atoms with Gasteiger partial charge in [-0.25, -0.2) is 4.98 Å². The highest BCUT2D eigenvalue weighted by molar-refractivity contribution is 5.21. The second-order valence-corrected chi connectivity index (χ2v) is 4.62. The van der Waals surface area contributed by atoms with Gasteiger partial charge in [0.25, 0.3) is 0 Å². The van der Waals surface area contributed by atoms with Crippen LogP contribution < -0.4 is 10.5 Å². The van der Waals surface area contributed by atoms with Crippen molar-refractivity contribution in [2.45, 2.75) is 12.6 Å². The Kier molecular flexibility index (Phi) is 5.03. The van der Waals surface area contributed by atoms with Crippen molar-refractivity contribution in [2.24, 2.45) is 5.73 Å². The van der Waals surface area contributed by atoms with Crippen LogP contribution in [-0.4, -0.2) is 35.6 Å². The Morgan fingerprint density at radius 2 is 2.10 bits per heavy atom. The predicted octanol–water partition coefficient (Wildman–Crippen LogP) is 1.62. The molecule has 5 heteroatoms. The van der Waals surface area contributed by atoms with E-state index in [1.807, 2.05) is 43.6 Å². The molecule has 0 aliphatic rings. The van der Waals surface area contributed by atoms with Gasteiger partial charge in [0.2, 0.25) is 5.88 Å². The van der Waals surface area contributed by atoms with Crippen LogP contribution in [0.5, 0.6) is 5.88 Å². The first-order chi connectivity index (χ1) is 9.74. The SMILES string of the molecule is COc1ccc(C(CN)N(C)Cc2ccccn2)cn1. The Hall–Kier alpha value is -1.98. The Morgan fingerprint density at radius 1 is 1.25 bits per heavy atom. The minimum atomic E-state index is 0.107. The maximum absolute atomic E-state index is 5.91. The van der Waals surface area contributed by atoms with Gasteiger partial charge in [0.1, 0.15) is 0 Å². The summed E-state index contributed by atoms with van der Waals surface area (Å²) < 4.78 is 5.07. The highest BCUT2D eigenvalue weighted by Crippen LogP contribution is 2.20. The average Bonchev–Trinajstić information content (AvgIpc) is 2.49. The van der Waals surface area contributed by atoms with E-state index in [2.05, 4.69) is 14.9 Å². The van der Waals surface area contributed by atoms with Crippen molar-refractivity contribution in [2.75, 3.05) is 20.7 Å². The van der Waals surface area contributed by atoms with Crippen LogP contribution in [-0.2, 0) is 6.54 Å². The van der Waals surface area contributed by atoms with E-state index in [4.69, 9.17) is 10.5 Å². The van der Waals surface area contributed by atoms with E-state index in [9.17, 15) is 0 Å². The molecule has 0 radical (unpaired) electrons. The lowest BCUT2D eigenvalue weighted by atomic mass is 10.1. The smallest absolute Gasteiger partial charge is 0.212 e. The number of hydrogen-bond acceptors (Lipinski definition) is 5. The topological polar surface area (TPSA) is 64.3 Å². The summed E-state index contributed by atoms with van der Waals surface area (Å²) >= 11 is 0. The third-order valence-electron chi connectivity index (χ3n) is 3.25. The van der Waals surface area contributed by atoms with Crippen LogP contribution in [0.15, 0.2) is 42.7 Å². The van der Waals surface area contributed by atoms with E-state index in [-0.39, 0.29) is 6.04 Å². The molecular formula is C15H20N4O. The highest BCUT2D eigenvalue weighted by Gasteiger charge is 2.16. The molecule has 1 atom stereocenters. The van der Waals surface area contributed by atoms with Gasteiger partial charge in [0.15, 0.2) is 0 Å². The number of methoxy groups -OCH3 is 1. The largest absolute Gasteiger partial charge is 0.481 e. The zero-order valence-corrected chi connectivity index (χ0v) is 11.9. The summed E-state index contributed by atoms with van der Waals surface area (Å²) in [5, 5.41) is 0. The van der Waals surface area contributed by atoms with Crippen LogP contribution in [0.2, 0.25) is 0 Å². The molecular weight excluding hydrogens is 252 g/mol. The fraction of sp³-hybridized carbons (Fsp3) is 0.333. The van der Waals surface area contributed by atoms with Gasteiger partial charge in [-0.2, -0.15) is 0 Å². The fourth-order valence-electron chi connectivity index (χ4n) is 2.14. The molecule has 20 heavy (non-hydrogen) atoms. The molecule has 106 valence electrons. The fourth-order valence-corrected chi connectivity index (χ4v) is 2.14. The Labute approximate surface area is 119 Å². The predicted molar refractivity (Wildman–Crippen MR) is 78.3 cm³/mol. The minimum absolute atomic E-state index is 0.107. The van der Waals surface area contributed by atoms with E-state index in [1.165, 1.54) is 0 Å². The number of likely N-dealkylation sites (N-methyl/N-ethyl adjacent to an activating group) is 1. The number of rotatable bonds is 6. The lowest BCUT2D eigenvalue weighted by molar-refractivity contribution is 0.238. The van der Waals surface area contributed by atoms with Crippen molar-refractivity contribution in [3.8, 4) is 5.88 Å². The molecule has 0 amide bonds. The molecule has 2 aromatic heterocycles. The first kappa shape index (κ1) is 14.4. The van der Waals surface area contributed by atoms with Crippen LogP contribution in [0, 0.1) is 0 Å². The number of ether oxygens (including phenoxy) is 1. The van der Waals surface area contributed by atoms with Gasteiger partial charge in [0, 0.05) is 37.6 Å². The van der Waals surface area contributed by atoms with Gasteiger partial charge in [-0.05, 0) is 24.7 Å². The molecule has 5 nitrogen and oxygen atoms in total. The van der Waals surface area contributed by atoms with Crippen molar-refractivity contribution < 1.29 is 4.74 Å². The zero-order chi connectivity index (χ0) is 14.4. The number of nitrogens with zero attached hydrogens (tertiary/aromatic N) is 3. The zero-order valence-electron chi connectivity index (χ0n) is 11.9. The summed E-state index contributed by atoms with van der Waals surface area (Å²) in [6.07, 6.45) is 3.61. The second kappa shape index (κ2) is 6.98. The van der Waals surface area contributed by atoms with Gasteiger partial charge in [0.05, 0.1) is 12.8 Å². The van der Waals surface area contributed by atoms with Crippen molar-refractivity contribution in [1.29, 1.82) is 0 Å². The molecule has 0 bridgehead atoms. The van der Waals surface area contributed by atoms with Gasteiger partial charge < -0.3 is 10.5 Å². The number of pyridine rings is 2. The summed E-state index contributed by atoms with van der Waals surface area (Å²) in [6, 6.07) is 9.87. The highest BCUT2D eigenvalue weighted by atomic mass is 16.5. The summed E-state index contributed by atoms with van der Waals surface area (Å²) in [7, 11) is 3.64. The third kappa shape index (κ3) is 3.53. The maximum Gasteiger partial charge on any atom is 0.212 e. The number of hydrogen-bond donors (Lipinski definition) is 1. The van der Waals surface area contributed by atoms with Crippen LogP contribution in [0.1, 0.15) is 17.3 Å². The normalized spacial score (nSPS) is 12.4. The first-order valence-electron chi connectivity index (χ1n) is 6.54. The molecule has 0 aliphatic carbocycles. The molecule has 0 saturated heterocycles. The molecule has 2 N–H and O–H groups in total. The summed E-state index contributed by atoms with van der Waals surface area (Å²) in [5.74, 6) is 0.608. The van der Waals surface area contributed by atoms with Gasteiger partial charge >= 0.3 is 0 Å². The second-order valence-electron chi connectivity index (χ2n) is 4.62. The van der Waals surface area contributed by atoms with Crippen LogP contribution in [0.3, 0.4) is 0 Å². The molecule has 0 saturated carbocycles. The standard InChI is InChI=1S/C15H20N4O/c1-19(11-13-5-3-4-8-17-13)14(9-16)12-6-7-15(20-2)18-10-12/h3-8,10,14H,9,11,16H2,1-2H3. The third-order valence-corrected chi connectivity index (χ3v) is 3.25. The van der Waals surface area contributed by atoms with Crippen molar-refractivity contribution >= 4 is 0 Å². The molecule has 0 aliphatic heterocycles. The summed E-state index contributed by atoms with van der Waals surface area (Å²) in [4.78, 5) is 10.7. The van der Waals surface area contributed by atoms with E-state index in [0.29, 0.717) is 12.4 Å². The first-order valence-corrected chi connectivity index (χ1v) is 6.54.